The van der Waals surface area contributed by atoms with Crippen LogP contribution in [-0.4, -0.2) is 29.3 Å². The monoisotopic (exact) mass is 231 g/mol. The predicted molar refractivity (Wildman–Crippen MR) is 64.2 cm³/mol. The third-order valence-corrected chi connectivity index (χ3v) is 3.32. The molecule has 88 valence electrons. The summed E-state index contributed by atoms with van der Waals surface area (Å²) in [6.07, 6.45) is 7.69. The fraction of sp³-hybridized carbons (Fsp3) is 0.917. The van der Waals surface area contributed by atoms with Crippen molar-refractivity contribution in [3.8, 4) is 0 Å². The molecule has 0 aromatic rings. The van der Waals surface area contributed by atoms with E-state index in [-0.39, 0.29) is 0 Å². The lowest BCUT2D eigenvalue weighted by Gasteiger charge is -2.37. The van der Waals surface area contributed by atoms with Crippen LogP contribution in [0.2, 0.25) is 0 Å². The predicted octanol–water partition coefficient (Wildman–Crippen LogP) is 3.19. The Bertz CT molecular complexity index is 192. The van der Waals surface area contributed by atoms with E-state index in [1.165, 1.54) is 25.7 Å². The number of hydrogen-bond donors (Lipinski definition) is 0. The molecule has 0 aliphatic heterocycles. The molecular weight excluding hydrogens is 210 g/mol. The highest BCUT2D eigenvalue weighted by Gasteiger charge is 2.27. The van der Waals surface area contributed by atoms with Gasteiger partial charge in [0.1, 0.15) is 0 Å². The van der Waals surface area contributed by atoms with Gasteiger partial charge in [-0.15, -0.1) is 11.6 Å². The van der Waals surface area contributed by atoms with Gasteiger partial charge in [0.25, 0.3) is 0 Å². The first kappa shape index (κ1) is 12.8. The molecule has 1 aliphatic rings. The maximum absolute atomic E-state index is 11.9. The number of nitrogens with zero attached hydrogens (tertiary/aromatic N) is 1. The molecule has 1 saturated carbocycles. The lowest BCUT2D eigenvalue weighted by Crippen LogP contribution is -2.45. The lowest BCUT2D eigenvalue weighted by atomic mass is 9.91. The number of unbranched alkanes of at least 4 members (excludes halogenated alkanes) is 2. The Kier molecular flexibility index (Phi) is 6.07. The van der Waals surface area contributed by atoms with Crippen molar-refractivity contribution in [3.63, 3.8) is 0 Å². The van der Waals surface area contributed by atoms with Gasteiger partial charge in [-0.25, -0.2) is 0 Å². The molecule has 0 bridgehead atoms. The van der Waals surface area contributed by atoms with Crippen LogP contribution in [0, 0.1) is 0 Å². The van der Waals surface area contributed by atoms with E-state index in [0.717, 1.165) is 19.4 Å². The third-order valence-electron chi connectivity index (χ3n) is 3.16. The van der Waals surface area contributed by atoms with E-state index in [1.54, 1.807) is 0 Å². The zero-order valence-corrected chi connectivity index (χ0v) is 10.4. The topological polar surface area (TPSA) is 20.3 Å². The molecule has 1 fully saturated rings. The van der Waals surface area contributed by atoms with Gasteiger partial charge in [-0.2, -0.15) is 0 Å². The maximum Gasteiger partial charge on any atom is 0.222 e. The van der Waals surface area contributed by atoms with Crippen molar-refractivity contribution >= 4 is 17.5 Å². The normalized spacial score (nSPS) is 16.1. The summed E-state index contributed by atoms with van der Waals surface area (Å²) in [5.41, 5.74) is 0. The molecule has 0 unspecified atom stereocenters. The summed E-state index contributed by atoms with van der Waals surface area (Å²) in [5, 5.41) is 0. The minimum atomic E-state index is 0.314. The van der Waals surface area contributed by atoms with Gasteiger partial charge in [0.2, 0.25) is 5.91 Å². The molecule has 2 nitrogen and oxygen atoms in total. The van der Waals surface area contributed by atoms with Crippen LogP contribution in [0.15, 0.2) is 0 Å². The van der Waals surface area contributed by atoms with Gasteiger partial charge < -0.3 is 4.90 Å². The second-order valence-corrected chi connectivity index (χ2v) is 4.70. The lowest BCUT2D eigenvalue weighted by molar-refractivity contribution is -0.135. The van der Waals surface area contributed by atoms with E-state index < -0.39 is 0 Å². The Morgan fingerprint density at radius 3 is 2.60 bits per heavy atom. The summed E-state index contributed by atoms with van der Waals surface area (Å²) in [7, 11) is 0. The number of carbonyl (C=O) groups is 1. The second kappa shape index (κ2) is 7.10. The Morgan fingerprint density at radius 1 is 1.40 bits per heavy atom. The first-order valence-electron chi connectivity index (χ1n) is 6.15. The Labute approximate surface area is 98.0 Å². The van der Waals surface area contributed by atoms with E-state index in [9.17, 15) is 4.79 Å². The van der Waals surface area contributed by atoms with Gasteiger partial charge in [0.15, 0.2) is 0 Å². The summed E-state index contributed by atoms with van der Waals surface area (Å²) >= 11 is 5.73. The highest BCUT2D eigenvalue weighted by molar-refractivity contribution is 6.18. The highest BCUT2D eigenvalue weighted by Crippen LogP contribution is 2.25. The summed E-state index contributed by atoms with van der Waals surface area (Å²) < 4.78 is 0. The third kappa shape index (κ3) is 4.02. The van der Waals surface area contributed by atoms with Crippen molar-refractivity contribution in [2.75, 3.05) is 12.4 Å². The fourth-order valence-electron chi connectivity index (χ4n) is 1.97. The van der Waals surface area contributed by atoms with Gasteiger partial charge in [-0.1, -0.05) is 19.8 Å². The summed E-state index contributed by atoms with van der Waals surface area (Å²) in [6, 6.07) is 0.498. The molecule has 0 heterocycles. The Morgan fingerprint density at radius 2 is 2.13 bits per heavy atom. The van der Waals surface area contributed by atoms with Crippen molar-refractivity contribution < 1.29 is 4.79 Å². The molecule has 1 amide bonds. The molecule has 0 aromatic heterocycles. The minimum absolute atomic E-state index is 0.314. The van der Waals surface area contributed by atoms with Gasteiger partial charge in [-0.3, -0.25) is 4.79 Å². The molecule has 1 aliphatic carbocycles. The summed E-state index contributed by atoms with van der Waals surface area (Å²) in [6.45, 7) is 2.89. The Hall–Kier alpha value is -0.240. The molecule has 0 atom stereocenters. The van der Waals surface area contributed by atoms with Crippen LogP contribution in [0.25, 0.3) is 0 Å². The van der Waals surface area contributed by atoms with Crippen LogP contribution >= 0.6 is 11.6 Å². The summed E-state index contributed by atoms with van der Waals surface area (Å²) in [4.78, 5) is 13.9. The fourth-order valence-corrected chi connectivity index (χ4v) is 2.15. The van der Waals surface area contributed by atoms with Gasteiger partial charge in [-0.05, 0) is 25.7 Å². The minimum Gasteiger partial charge on any atom is -0.339 e. The van der Waals surface area contributed by atoms with Crippen LogP contribution in [0.5, 0.6) is 0 Å². The van der Waals surface area contributed by atoms with Crippen molar-refractivity contribution in [1.82, 2.24) is 4.90 Å². The molecule has 15 heavy (non-hydrogen) atoms. The van der Waals surface area contributed by atoms with E-state index >= 15 is 0 Å². The summed E-state index contributed by atoms with van der Waals surface area (Å²) in [5.74, 6) is 0.879. The largest absolute Gasteiger partial charge is 0.339 e. The van der Waals surface area contributed by atoms with E-state index in [4.69, 9.17) is 11.6 Å². The van der Waals surface area contributed by atoms with Gasteiger partial charge in [0.05, 0.1) is 0 Å². The number of alkyl halides is 1. The van der Waals surface area contributed by atoms with E-state index in [2.05, 4.69) is 6.92 Å². The molecule has 0 N–H and O–H groups in total. The number of hydrogen-bond acceptors (Lipinski definition) is 1. The van der Waals surface area contributed by atoms with Crippen molar-refractivity contribution in [1.29, 1.82) is 0 Å². The quantitative estimate of drug-likeness (QED) is 0.487. The molecule has 3 heteroatoms. The maximum atomic E-state index is 11.9. The number of rotatable bonds is 7. The molecular formula is C12H22ClNO. The zero-order valence-electron chi connectivity index (χ0n) is 9.67. The van der Waals surface area contributed by atoms with Crippen molar-refractivity contribution in [3.05, 3.63) is 0 Å². The van der Waals surface area contributed by atoms with Gasteiger partial charge in [0, 0.05) is 24.9 Å². The van der Waals surface area contributed by atoms with Crippen molar-refractivity contribution in [2.24, 2.45) is 0 Å². The molecule has 0 spiro atoms. The number of carbonyl (C=O) groups excluding carboxylic acids is 1. The van der Waals surface area contributed by atoms with Crippen LogP contribution in [0.4, 0.5) is 0 Å². The van der Waals surface area contributed by atoms with Crippen LogP contribution in [-0.2, 0) is 4.79 Å². The molecule has 0 radical (unpaired) electrons. The van der Waals surface area contributed by atoms with Crippen molar-refractivity contribution in [2.45, 2.75) is 57.9 Å². The average Bonchev–Trinajstić information content (AvgIpc) is 2.14. The first-order chi connectivity index (χ1) is 7.29. The van der Waals surface area contributed by atoms with Gasteiger partial charge >= 0.3 is 0 Å². The molecule has 0 saturated heterocycles. The standard InChI is InChI=1S/C12H22ClNO/c1-2-3-4-8-12(15)14(10-9-13)11-6-5-7-11/h11H,2-10H2,1H3. The average molecular weight is 232 g/mol. The number of halogens is 1. The second-order valence-electron chi connectivity index (χ2n) is 4.32. The zero-order chi connectivity index (χ0) is 11.1. The van der Waals surface area contributed by atoms with E-state index in [1.807, 2.05) is 4.90 Å². The molecule has 1 rings (SSSR count). The van der Waals surface area contributed by atoms with Crippen LogP contribution in [0.3, 0.4) is 0 Å². The van der Waals surface area contributed by atoms with Crippen LogP contribution < -0.4 is 0 Å². The number of amides is 1. The smallest absolute Gasteiger partial charge is 0.222 e. The highest BCUT2D eigenvalue weighted by atomic mass is 35.5. The SMILES string of the molecule is CCCCCC(=O)N(CCCl)C1CCC1. The van der Waals surface area contributed by atoms with E-state index in [0.29, 0.717) is 24.2 Å². The van der Waals surface area contributed by atoms with Crippen LogP contribution in [0.1, 0.15) is 51.9 Å². The first-order valence-corrected chi connectivity index (χ1v) is 6.68. The Balaban J connectivity index is 2.29. The molecule has 0 aromatic carbocycles.